The van der Waals surface area contributed by atoms with Crippen molar-refractivity contribution < 1.29 is 0 Å². The molecule has 110 valence electrons. The summed E-state index contributed by atoms with van der Waals surface area (Å²) in [5, 5.41) is 0. The van der Waals surface area contributed by atoms with Crippen LogP contribution in [0.3, 0.4) is 0 Å². The molecule has 6 nitrogen and oxygen atoms in total. The first kappa shape index (κ1) is 14.0. The van der Waals surface area contributed by atoms with Gasteiger partial charge in [-0.25, -0.2) is 10.8 Å². The first-order chi connectivity index (χ1) is 9.78. The van der Waals surface area contributed by atoms with Crippen molar-refractivity contribution in [2.75, 3.05) is 36.5 Å². The number of likely N-dealkylation sites (tertiary alicyclic amines) is 1. The van der Waals surface area contributed by atoms with E-state index in [2.05, 4.69) is 41.1 Å². The maximum absolute atomic E-state index is 5.39. The van der Waals surface area contributed by atoms with Crippen molar-refractivity contribution in [1.82, 2.24) is 14.9 Å². The number of nitrogens with zero attached hydrogens (tertiary/aromatic N) is 4. The van der Waals surface area contributed by atoms with Crippen LogP contribution in [-0.2, 0) is 0 Å². The van der Waals surface area contributed by atoms with Gasteiger partial charge in [0.1, 0.15) is 5.82 Å². The van der Waals surface area contributed by atoms with Crippen LogP contribution in [0.1, 0.15) is 25.7 Å². The summed E-state index contributed by atoms with van der Waals surface area (Å²) >= 11 is 3.54. The second kappa shape index (κ2) is 6.24. The van der Waals surface area contributed by atoms with Gasteiger partial charge in [0.15, 0.2) is 0 Å². The topological polar surface area (TPSA) is 70.3 Å². The van der Waals surface area contributed by atoms with Gasteiger partial charge in [0, 0.05) is 25.3 Å². The lowest BCUT2D eigenvalue weighted by Gasteiger charge is -2.32. The minimum atomic E-state index is 0.463. The van der Waals surface area contributed by atoms with Gasteiger partial charge in [-0.15, -0.1) is 0 Å². The van der Waals surface area contributed by atoms with Crippen LogP contribution >= 0.6 is 15.9 Å². The maximum Gasteiger partial charge on any atom is 0.239 e. The van der Waals surface area contributed by atoms with E-state index in [1.54, 1.807) is 6.20 Å². The van der Waals surface area contributed by atoms with Gasteiger partial charge in [0.05, 0.1) is 4.47 Å². The normalized spacial score (nSPS) is 24.1. The number of aromatic nitrogens is 2. The Kier molecular flexibility index (Phi) is 4.38. The molecule has 0 spiro atoms. The highest BCUT2D eigenvalue weighted by Crippen LogP contribution is 2.29. The number of nitrogens with one attached hydrogen (secondary N) is 1. The van der Waals surface area contributed by atoms with Crippen LogP contribution in [0.15, 0.2) is 10.7 Å². The molecule has 3 N–H and O–H groups in total. The SMILES string of the molecule is NNc1ncc(Br)c(N2CCC(N3CCCCC3)C2)n1. The molecule has 3 rings (SSSR count). The summed E-state index contributed by atoms with van der Waals surface area (Å²) in [6, 6.07) is 0.659. The van der Waals surface area contributed by atoms with Crippen molar-refractivity contribution in [1.29, 1.82) is 0 Å². The van der Waals surface area contributed by atoms with E-state index in [1.165, 1.54) is 38.8 Å². The van der Waals surface area contributed by atoms with E-state index in [9.17, 15) is 0 Å². The number of halogens is 1. The molecule has 2 fully saturated rings. The molecule has 0 aromatic carbocycles. The highest BCUT2D eigenvalue weighted by molar-refractivity contribution is 9.10. The third-order valence-corrected chi connectivity index (χ3v) is 4.78. The van der Waals surface area contributed by atoms with Crippen molar-refractivity contribution in [3.05, 3.63) is 10.7 Å². The molecule has 0 bridgehead atoms. The van der Waals surface area contributed by atoms with Gasteiger partial charge < -0.3 is 4.90 Å². The Morgan fingerprint density at radius 2 is 2.05 bits per heavy atom. The monoisotopic (exact) mass is 340 g/mol. The van der Waals surface area contributed by atoms with Gasteiger partial charge in [0.25, 0.3) is 0 Å². The van der Waals surface area contributed by atoms with Crippen molar-refractivity contribution in [3.8, 4) is 0 Å². The summed E-state index contributed by atoms with van der Waals surface area (Å²) in [6.07, 6.45) is 7.04. The summed E-state index contributed by atoms with van der Waals surface area (Å²) in [6.45, 7) is 4.58. The second-order valence-electron chi connectivity index (χ2n) is 5.49. The van der Waals surface area contributed by atoms with Gasteiger partial charge in [-0.1, -0.05) is 6.42 Å². The number of hydrazine groups is 1. The maximum atomic E-state index is 5.39. The van der Waals surface area contributed by atoms with E-state index in [1.807, 2.05) is 0 Å². The number of hydrogen-bond acceptors (Lipinski definition) is 6. The van der Waals surface area contributed by atoms with Gasteiger partial charge in [0.2, 0.25) is 5.95 Å². The fourth-order valence-corrected chi connectivity index (χ4v) is 3.61. The fraction of sp³-hybridized carbons (Fsp3) is 0.692. The molecule has 20 heavy (non-hydrogen) atoms. The fourth-order valence-electron chi connectivity index (χ4n) is 3.17. The first-order valence-electron chi connectivity index (χ1n) is 7.26. The molecule has 7 heteroatoms. The summed E-state index contributed by atoms with van der Waals surface area (Å²) < 4.78 is 0.927. The van der Waals surface area contributed by atoms with Crippen LogP contribution in [0.2, 0.25) is 0 Å². The molecule has 1 aromatic heterocycles. The number of nitrogen functional groups attached to an aromatic ring is 1. The predicted octanol–water partition coefficient (Wildman–Crippen LogP) is 1.59. The van der Waals surface area contributed by atoms with Crippen molar-refractivity contribution in [3.63, 3.8) is 0 Å². The summed E-state index contributed by atoms with van der Waals surface area (Å²) in [7, 11) is 0. The predicted molar refractivity (Wildman–Crippen MR) is 83.6 cm³/mol. The molecule has 0 radical (unpaired) electrons. The van der Waals surface area contributed by atoms with Crippen LogP contribution in [-0.4, -0.2) is 47.1 Å². The number of rotatable bonds is 3. The minimum Gasteiger partial charge on any atom is -0.354 e. The van der Waals surface area contributed by atoms with Crippen molar-refractivity contribution in [2.24, 2.45) is 5.84 Å². The molecule has 2 aliphatic heterocycles. The largest absolute Gasteiger partial charge is 0.354 e. The van der Waals surface area contributed by atoms with Gasteiger partial charge in [-0.05, 0) is 48.3 Å². The molecule has 2 saturated heterocycles. The number of piperidine rings is 1. The first-order valence-corrected chi connectivity index (χ1v) is 8.05. The molecule has 0 saturated carbocycles. The van der Waals surface area contributed by atoms with Crippen LogP contribution in [0.5, 0.6) is 0 Å². The van der Waals surface area contributed by atoms with Gasteiger partial charge in [-0.2, -0.15) is 4.98 Å². The molecule has 2 aliphatic rings. The lowest BCUT2D eigenvalue weighted by molar-refractivity contribution is 0.175. The van der Waals surface area contributed by atoms with Gasteiger partial charge >= 0.3 is 0 Å². The minimum absolute atomic E-state index is 0.463. The second-order valence-corrected chi connectivity index (χ2v) is 6.35. The quantitative estimate of drug-likeness (QED) is 0.643. The molecule has 1 aromatic rings. The van der Waals surface area contributed by atoms with Crippen molar-refractivity contribution >= 4 is 27.7 Å². The average molecular weight is 341 g/mol. The number of nitrogens with two attached hydrogens (primary N) is 1. The van der Waals surface area contributed by atoms with E-state index < -0.39 is 0 Å². The van der Waals surface area contributed by atoms with Crippen molar-refractivity contribution in [2.45, 2.75) is 31.7 Å². The van der Waals surface area contributed by atoms with Crippen LogP contribution in [0, 0.1) is 0 Å². The molecular formula is C13H21BrN6. The third-order valence-electron chi connectivity index (χ3n) is 4.22. The lowest BCUT2D eigenvalue weighted by atomic mass is 10.1. The summed E-state index contributed by atoms with van der Waals surface area (Å²) in [5.41, 5.74) is 2.51. The molecule has 3 heterocycles. The highest BCUT2D eigenvalue weighted by atomic mass is 79.9. The van der Waals surface area contributed by atoms with E-state index in [4.69, 9.17) is 5.84 Å². The van der Waals surface area contributed by atoms with E-state index in [0.717, 1.165) is 23.4 Å². The zero-order valence-electron chi connectivity index (χ0n) is 11.6. The lowest BCUT2D eigenvalue weighted by Crippen LogP contribution is -2.41. The zero-order valence-corrected chi connectivity index (χ0v) is 13.1. The Bertz CT molecular complexity index is 462. The third kappa shape index (κ3) is 2.89. The number of anilines is 2. The molecule has 0 aliphatic carbocycles. The Morgan fingerprint density at radius 1 is 1.25 bits per heavy atom. The Labute approximate surface area is 127 Å². The van der Waals surface area contributed by atoms with E-state index >= 15 is 0 Å². The number of hydrogen-bond donors (Lipinski definition) is 2. The molecule has 1 atom stereocenters. The average Bonchev–Trinajstić information content (AvgIpc) is 2.98. The Morgan fingerprint density at radius 3 is 2.80 bits per heavy atom. The smallest absolute Gasteiger partial charge is 0.239 e. The van der Waals surface area contributed by atoms with Crippen LogP contribution in [0.4, 0.5) is 11.8 Å². The van der Waals surface area contributed by atoms with E-state index in [0.29, 0.717) is 12.0 Å². The standard InChI is InChI=1S/C13H21BrN6/c14-11-8-16-13(18-15)17-12(11)20-7-4-10(9-20)19-5-2-1-3-6-19/h8,10H,1-7,9,15H2,(H,16,17,18). The van der Waals surface area contributed by atoms with Crippen LogP contribution in [0.25, 0.3) is 0 Å². The van der Waals surface area contributed by atoms with E-state index in [-0.39, 0.29) is 0 Å². The Balaban J connectivity index is 1.70. The molecule has 1 unspecified atom stereocenters. The highest BCUT2D eigenvalue weighted by Gasteiger charge is 2.30. The summed E-state index contributed by atoms with van der Waals surface area (Å²) in [4.78, 5) is 13.5. The Hall–Kier alpha value is -0.920. The summed E-state index contributed by atoms with van der Waals surface area (Å²) in [5.74, 6) is 6.79. The molecular weight excluding hydrogens is 320 g/mol. The van der Waals surface area contributed by atoms with Gasteiger partial charge in [-0.3, -0.25) is 10.3 Å². The molecule has 0 amide bonds. The zero-order chi connectivity index (χ0) is 13.9. The van der Waals surface area contributed by atoms with Crippen LogP contribution < -0.4 is 16.2 Å².